The average molecular weight is 339 g/mol. The number of anilines is 1. The van der Waals surface area contributed by atoms with E-state index in [-0.39, 0.29) is 23.6 Å². The second kappa shape index (κ2) is 6.14. The minimum absolute atomic E-state index is 0.0589. The molecule has 0 aliphatic carbocycles. The molecule has 2 fully saturated rings. The number of nitrogens with one attached hydrogen (secondary N) is 1. The first-order chi connectivity index (χ1) is 12.2. The lowest BCUT2D eigenvalue weighted by Crippen LogP contribution is -2.49. The number of rotatable bonds is 3. The lowest BCUT2D eigenvalue weighted by atomic mass is 10.2. The van der Waals surface area contributed by atoms with Crippen molar-refractivity contribution in [3.8, 4) is 0 Å². The van der Waals surface area contributed by atoms with E-state index < -0.39 is 5.91 Å². The third-order valence-electron chi connectivity index (χ3n) is 4.78. The van der Waals surface area contributed by atoms with Gasteiger partial charge in [-0.05, 0) is 18.6 Å². The Morgan fingerprint density at radius 2 is 1.76 bits per heavy atom. The Labute approximate surface area is 144 Å². The highest BCUT2D eigenvalue weighted by atomic mass is 16.5. The van der Waals surface area contributed by atoms with E-state index in [0.29, 0.717) is 24.6 Å². The van der Waals surface area contributed by atoms with E-state index in [1.165, 1.54) is 12.4 Å². The van der Waals surface area contributed by atoms with Gasteiger partial charge in [0.2, 0.25) is 5.95 Å². The molecule has 2 saturated heterocycles. The molecule has 1 aromatic carbocycles. The van der Waals surface area contributed by atoms with Gasteiger partial charge in [0.25, 0.3) is 11.8 Å². The summed E-state index contributed by atoms with van der Waals surface area (Å²) < 4.78 is 0. The number of hydrogen-bond donors (Lipinski definition) is 2. The number of benzene rings is 1. The summed E-state index contributed by atoms with van der Waals surface area (Å²) in [5.74, 6) is -0.0495. The van der Waals surface area contributed by atoms with E-state index in [4.69, 9.17) is 5.21 Å². The van der Waals surface area contributed by atoms with Gasteiger partial charge in [-0.2, -0.15) is 0 Å². The molecule has 8 nitrogen and oxygen atoms in total. The van der Waals surface area contributed by atoms with Gasteiger partial charge in [0.15, 0.2) is 0 Å². The summed E-state index contributed by atoms with van der Waals surface area (Å²) in [4.78, 5) is 36.4. The van der Waals surface area contributed by atoms with E-state index in [0.717, 1.165) is 6.42 Å². The maximum absolute atomic E-state index is 12.6. The Morgan fingerprint density at radius 1 is 1.04 bits per heavy atom. The van der Waals surface area contributed by atoms with Crippen LogP contribution in [0, 0.1) is 0 Å². The van der Waals surface area contributed by atoms with Crippen LogP contribution in [-0.4, -0.2) is 57.1 Å². The van der Waals surface area contributed by atoms with Crippen LogP contribution in [0.1, 0.15) is 27.1 Å². The van der Waals surface area contributed by atoms with Gasteiger partial charge in [0.1, 0.15) is 0 Å². The van der Waals surface area contributed by atoms with Crippen molar-refractivity contribution >= 4 is 17.8 Å². The molecule has 2 amide bonds. The number of nitrogens with zero attached hydrogens (tertiary/aromatic N) is 4. The summed E-state index contributed by atoms with van der Waals surface area (Å²) in [5, 5.41) is 8.63. The summed E-state index contributed by atoms with van der Waals surface area (Å²) in [6.45, 7) is 1.31. The third-order valence-corrected chi connectivity index (χ3v) is 4.78. The zero-order valence-electron chi connectivity index (χ0n) is 13.4. The number of piperazine rings is 1. The Kier molecular flexibility index (Phi) is 3.81. The molecule has 2 N–H and O–H groups in total. The van der Waals surface area contributed by atoms with Gasteiger partial charge >= 0.3 is 0 Å². The summed E-state index contributed by atoms with van der Waals surface area (Å²) in [6, 6.07) is 9.61. The first-order valence-corrected chi connectivity index (χ1v) is 8.06. The SMILES string of the molecule is O=C(NO)c1cnc(N2C[C@@H]3C[C@H]2CN3C(=O)c2ccccc2)nc1. The number of hydroxylamine groups is 1. The molecule has 2 bridgehead atoms. The number of carbonyl (C=O) groups excluding carboxylic acids is 2. The summed E-state index contributed by atoms with van der Waals surface area (Å²) >= 11 is 0. The molecule has 25 heavy (non-hydrogen) atoms. The lowest BCUT2D eigenvalue weighted by Gasteiger charge is -2.34. The number of carbonyl (C=O) groups is 2. The van der Waals surface area contributed by atoms with Crippen molar-refractivity contribution in [1.82, 2.24) is 20.3 Å². The molecule has 2 aliphatic rings. The van der Waals surface area contributed by atoms with Crippen LogP contribution in [0.5, 0.6) is 0 Å². The minimum atomic E-state index is -0.644. The zero-order valence-corrected chi connectivity index (χ0v) is 13.4. The van der Waals surface area contributed by atoms with Crippen molar-refractivity contribution in [2.24, 2.45) is 0 Å². The second-order valence-electron chi connectivity index (χ2n) is 6.23. The van der Waals surface area contributed by atoms with E-state index in [2.05, 4.69) is 14.9 Å². The van der Waals surface area contributed by atoms with Crippen LogP contribution in [-0.2, 0) is 0 Å². The minimum Gasteiger partial charge on any atom is -0.334 e. The molecule has 2 aromatic rings. The highest BCUT2D eigenvalue weighted by Crippen LogP contribution is 2.33. The molecule has 2 atom stereocenters. The fourth-order valence-corrected chi connectivity index (χ4v) is 3.56. The maximum atomic E-state index is 12.6. The molecule has 3 heterocycles. The van der Waals surface area contributed by atoms with Gasteiger partial charge in [-0.15, -0.1) is 0 Å². The smallest absolute Gasteiger partial charge is 0.277 e. The third kappa shape index (κ3) is 2.70. The predicted octanol–water partition coefficient (Wildman–Crippen LogP) is 0.699. The van der Waals surface area contributed by atoms with Crippen molar-refractivity contribution in [3.63, 3.8) is 0 Å². The van der Waals surface area contributed by atoms with Gasteiger partial charge in [-0.3, -0.25) is 14.8 Å². The van der Waals surface area contributed by atoms with Crippen molar-refractivity contribution in [3.05, 3.63) is 53.9 Å². The van der Waals surface area contributed by atoms with E-state index in [1.807, 2.05) is 35.2 Å². The molecular weight excluding hydrogens is 322 g/mol. The normalized spacial score (nSPS) is 21.5. The molecule has 0 saturated carbocycles. The molecule has 8 heteroatoms. The van der Waals surface area contributed by atoms with E-state index in [1.54, 1.807) is 5.48 Å². The summed E-state index contributed by atoms with van der Waals surface area (Å²) in [6.07, 6.45) is 3.65. The van der Waals surface area contributed by atoms with Crippen LogP contribution in [0.3, 0.4) is 0 Å². The summed E-state index contributed by atoms with van der Waals surface area (Å²) in [5.41, 5.74) is 2.45. The van der Waals surface area contributed by atoms with Gasteiger partial charge in [0, 0.05) is 31.0 Å². The molecule has 2 aliphatic heterocycles. The number of amides is 2. The van der Waals surface area contributed by atoms with Crippen LogP contribution in [0.2, 0.25) is 0 Å². The maximum Gasteiger partial charge on any atom is 0.277 e. The topological polar surface area (TPSA) is 98.7 Å². The second-order valence-corrected chi connectivity index (χ2v) is 6.23. The zero-order chi connectivity index (χ0) is 17.4. The van der Waals surface area contributed by atoms with Crippen molar-refractivity contribution in [1.29, 1.82) is 0 Å². The highest BCUT2D eigenvalue weighted by molar-refractivity contribution is 5.95. The van der Waals surface area contributed by atoms with Crippen LogP contribution >= 0.6 is 0 Å². The van der Waals surface area contributed by atoms with Crippen LogP contribution in [0.4, 0.5) is 5.95 Å². The Morgan fingerprint density at radius 3 is 2.36 bits per heavy atom. The van der Waals surface area contributed by atoms with Crippen molar-refractivity contribution < 1.29 is 14.8 Å². The Bertz CT molecular complexity index is 796. The largest absolute Gasteiger partial charge is 0.334 e. The molecule has 128 valence electrons. The molecule has 1 aromatic heterocycles. The summed E-state index contributed by atoms with van der Waals surface area (Å²) in [7, 11) is 0. The number of aromatic nitrogens is 2. The van der Waals surface area contributed by atoms with Gasteiger partial charge in [-0.1, -0.05) is 18.2 Å². The first kappa shape index (κ1) is 15.5. The average Bonchev–Trinajstić information content (AvgIpc) is 3.28. The number of likely N-dealkylation sites (tertiary alicyclic amines) is 1. The number of fused-ring (bicyclic) bond motifs is 2. The Balaban J connectivity index is 1.46. The van der Waals surface area contributed by atoms with Gasteiger partial charge in [0.05, 0.1) is 17.6 Å². The predicted molar refractivity (Wildman–Crippen MR) is 88.3 cm³/mol. The fourth-order valence-electron chi connectivity index (χ4n) is 3.56. The highest BCUT2D eigenvalue weighted by Gasteiger charge is 2.46. The first-order valence-electron chi connectivity index (χ1n) is 8.06. The molecule has 0 spiro atoms. The standard InChI is InChI=1S/C17H17N5O3/c23-15(20-25)12-7-18-17(19-8-12)22-10-13-6-14(22)9-21(13)16(24)11-4-2-1-3-5-11/h1-5,7-8,13-14,25H,6,9-10H2,(H,20,23)/t13-,14-/m0/s1. The van der Waals surface area contributed by atoms with Crippen LogP contribution in [0.15, 0.2) is 42.7 Å². The molecular formula is C17H17N5O3. The number of hydrogen-bond acceptors (Lipinski definition) is 6. The van der Waals surface area contributed by atoms with E-state index in [9.17, 15) is 9.59 Å². The Hall–Kier alpha value is -3.00. The van der Waals surface area contributed by atoms with Gasteiger partial charge < -0.3 is 9.80 Å². The fraction of sp³-hybridized carbons (Fsp3) is 0.294. The van der Waals surface area contributed by atoms with E-state index >= 15 is 0 Å². The molecule has 0 radical (unpaired) electrons. The quantitative estimate of drug-likeness (QED) is 0.631. The van der Waals surface area contributed by atoms with Crippen molar-refractivity contribution in [2.75, 3.05) is 18.0 Å². The van der Waals surface area contributed by atoms with Crippen LogP contribution < -0.4 is 10.4 Å². The van der Waals surface area contributed by atoms with Crippen molar-refractivity contribution in [2.45, 2.75) is 18.5 Å². The molecule has 4 rings (SSSR count). The lowest BCUT2D eigenvalue weighted by molar-refractivity contribution is 0.0703. The molecule has 0 unspecified atom stereocenters. The van der Waals surface area contributed by atoms with Gasteiger partial charge in [-0.25, -0.2) is 15.4 Å². The monoisotopic (exact) mass is 339 g/mol. The van der Waals surface area contributed by atoms with Crippen LogP contribution in [0.25, 0.3) is 0 Å².